The summed E-state index contributed by atoms with van der Waals surface area (Å²) in [4.78, 5) is -0.380. The Labute approximate surface area is 135 Å². The van der Waals surface area contributed by atoms with Crippen LogP contribution in [-0.4, -0.2) is 25.8 Å². The Balaban J connectivity index is 2.39. The Morgan fingerprint density at radius 3 is 2.62 bits per heavy atom. The van der Waals surface area contributed by atoms with Crippen molar-refractivity contribution in [3.63, 3.8) is 0 Å². The van der Waals surface area contributed by atoms with Crippen molar-refractivity contribution >= 4 is 33.2 Å². The highest BCUT2D eigenvalue weighted by Crippen LogP contribution is 2.32. The van der Waals surface area contributed by atoms with Crippen molar-refractivity contribution in [3.05, 3.63) is 28.5 Å². The molecule has 1 aromatic carbocycles. The second kappa shape index (κ2) is 6.41. The summed E-state index contributed by atoms with van der Waals surface area (Å²) in [5.74, 6) is -0.228. The topological polar surface area (TPSA) is 37.4 Å². The Bertz CT molecular complexity index is 634. The fourth-order valence-electron chi connectivity index (χ4n) is 2.56. The van der Waals surface area contributed by atoms with Gasteiger partial charge in [-0.3, -0.25) is 0 Å². The number of halogens is 3. The number of hydrogen-bond donors (Lipinski definition) is 0. The molecule has 1 aromatic rings. The number of hydrogen-bond acceptors (Lipinski definition) is 2. The van der Waals surface area contributed by atoms with Crippen molar-refractivity contribution in [3.8, 4) is 0 Å². The highest BCUT2D eigenvalue weighted by molar-refractivity contribution is 7.89. The van der Waals surface area contributed by atoms with Gasteiger partial charge in [-0.2, -0.15) is 4.31 Å². The lowest BCUT2D eigenvalue weighted by molar-refractivity contribution is 0.387. The van der Waals surface area contributed by atoms with Gasteiger partial charge < -0.3 is 0 Å². The summed E-state index contributed by atoms with van der Waals surface area (Å²) in [6.45, 7) is 4.95. The summed E-state index contributed by atoms with van der Waals surface area (Å²) in [6, 6.07) is 2.51. The van der Waals surface area contributed by atoms with Crippen LogP contribution in [-0.2, 0) is 15.9 Å². The molecule has 1 aliphatic rings. The molecule has 1 atom stereocenters. The maximum Gasteiger partial charge on any atom is 0.246 e. The molecule has 1 unspecified atom stereocenters. The third-order valence-electron chi connectivity index (χ3n) is 3.97. The molecule has 0 amide bonds. The Morgan fingerprint density at radius 2 is 2.10 bits per heavy atom. The number of benzene rings is 1. The van der Waals surface area contributed by atoms with Gasteiger partial charge in [-0.25, -0.2) is 12.8 Å². The summed E-state index contributed by atoms with van der Waals surface area (Å²) in [7, 11) is -3.88. The molecule has 118 valence electrons. The molecule has 7 heteroatoms. The fraction of sp³-hybridized carbons (Fsp3) is 0.571. The molecule has 1 fully saturated rings. The van der Waals surface area contributed by atoms with Crippen LogP contribution in [0.5, 0.6) is 0 Å². The van der Waals surface area contributed by atoms with Gasteiger partial charge in [0.25, 0.3) is 0 Å². The van der Waals surface area contributed by atoms with Gasteiger partial charge in [-0.05, 0) is 30.4 Å². The zero-order valence-corrected chi connectivity index (χ0v) is 14.3. The van der Waals surface area contributed by atoms with Gasteiger partial charge in [0.15, 0.2) is 0 Å². The van der Waals surface area contributed by atoms with Gasteiger partial charge in [0.05, 0.1) is 5.88 Å². The molecule has 0 aliphatic carbocycles. The van der Waals surface area contributed by atoms with E-state index in [1.165, 1.54) is 10.4 Å². The minimum Gasteiger partial charge on any atom is -0.207 e. The molecule has 0 spiro atoms. The molecule has 0 saturated carbocycles. The molecule has 0 N–H and O–H groups in total. The van der Waals surface area contributed by atoms with Crippen LogP contribution in [0.15, 0.2) is 17.0 Å². The Hall–Kier alpha value is -0.360. The zero-order valence-electron chi connectivity index (χ0n) is 11.9. The summed E-state index contributed by atoms with van der Waals surface area (Å²) in [5, 5.41) is 0.172. The van der Waals surface area contributed by atoms with E-state index in [2.05, 4.69) is 13.8 Å². The van der Waals surface area contributed by atoms with Crippen LogP contribution >= 0.6 is 23.2 Å². The van der Waals surface area contributed by atoms with E-state index in [1.807, 2.05) is 0 Å². The number of nitrogens with zero attached hydrogens (tertiary/aromatic N) is 1. The fourth-order valence-corrected chi connectivity index (χ4v) is 4.70. The summed E-state index contributed by atoms with van der Waals surface area (Å²) >= 11 is 11.5. The normalized spacial score (nSPS) is 20.4. The quantitative estimate of drug-likeness (QED) is 0.770. The van der Waals surface area contributed by atoms with E-state index in [9.17, 15) is 12.8 Å². The van der Waals surface area contributed by atoms with Crippen molar-refractivity contribution in [1.29, 1.82) is 0 Å². The minimum atomic E-state index is -3.88. The maximum atomic E-state index is 14.3. The maximum absolute atomic E-state index is 14.3. The minimum absolute atomic E-state index is 0.0994. The first kappa shape index (κ1) is 17.0. The van der Waals surface area contributed by atoms with Crippen LogP contribution in [0.1, 0.15) is 25.8 Å². The first-order chi connectivity index (χ1) is 9.77. The monoisotopic (exact) mass is 353 g/mol. The molecule has 1 heterocycles. The van der Waals surface area contributed by atoms with E-state index in [0.29, 0.717) is 24.9 Å². The number of sulfonamides is 1. The van der Waals surface area contributed by atoms with Crippen LogP contribution in [0.25, 0.3) is 0 Å². The Kier molecular flexibility index (Phi) is 5.19. The number of rotatable bonds is 4. The van der Waals surface area contributed by atoms with Crippen LogP contribution in [0.2, 0.25) is 5.02 Å². The van der Waals surface area contributed by atoms with Gasteiger partial charge in [0.2, 0.25) is 10.0 Å². The first-order valence-corrected chi connectivity index (χ1v) is 9.16. The molecule has 3 nitrogen and oxygen atoms in total. The van der Waals surface area contributed by atoms with E-state index in [4.69, 9.17) is 23.2 Å². The molecule has 1 aliphatic heterocycles. The predicted molar refractivity (Wildman–Crippen MR) is 82.7 cm³/mol. The molecule has 1 saturated heterocycles. The molecule has 0 bridgehead atoms. The highest BCUT2D eigenvalue weighted by Gasteiger charge is 2.35. The molecule has 0 radical (unpaired) electrons. The van der Waals surface area contributed by atoms with Gasteiger partial charge in [-0.1, -0.05) is 25.4 Å². The second-order valence-corrected chi connectivity index (χ2v) is 8.28. The lowest BCUT2D eigenvalue weighted by Crippen LogP contribution is -2.30. The van der Waals surface area contributed by atoms with Gasteiger partial charge in [-0.15, -0.1) is 11.6 Å². The molecule has 2 rings (SSSR count). The third kappa shape index (κ3) is 3.36. The van der Waals surface area contributed by atoms with E-state index < -0.39 is 15.8 Å². The SMILES string of the molecule is CC(C)C1CCN(S(=O)(=O)c2cc(Cl)cc(CCl)c2F)C1. The summed E-state index contributed by atoms with van der Waals surface area (Å²) < 4.78 is 40.9. The van der Waals surface area contributed by atoms with Crippen molar-refractivity contribution in [2.75, 3.05) is 13.1 Å². The van der Waals surface area contributed by atoms with Crippen LogP contribution < -0.4 is 0 Å². The Morgan fingerprint density at radius 1 is 1.43 bits per heavy atom. The standard InChI is InChI=1S/C14H18Cl2FNO2S/c1-9(2)10-3-4-18(8-10)21(19,20)13-6-12(16)5-11(7-15)14(13)17/h5-6,9-10H,3-4,7-8H2,1-2H3. The van der Waals surface area contributed by atoms with Gasteiger partial charge >= 0.3 is 0 Å². The van der Waals surface area contributed by atoms with Crippen LogP contribution in [0.4, 0.5) is 4.39 Å². The molecular weight excluding hydrogens is 336 g/mol. The van der Waals surface area contributed by atoms with E-state index in [-0.39, 0.29) is 21.4 Å². The number of alkyl halides is 1. The van der Waals surface area contributed by atoms with Crippen molar-refractivity contribution in [1.82, 2.24) is 4.31 Å². The molecule has 21 heavy (non-hydrogen) atoms. The van der Waals surface area contributed by atoms with Crippen LogP contribution in [0.3, 0.4) is 0 Å². The lowest BCUT2D eigenvalue weighted by Gasteiger charge is -2.19. The largest absolute Gasteiger partial charge is 0.246 e. The van der Waals surface area contributed by atoms with Gasteiger partial charge in [0, 0.05) is 23.7 Å². The summed E-state index contributed by atoms with van der Waals surface area (Å²) in [5.41, 5.74) is 0.0994. The molecular formula is C14H18Cl2FNO2S. The lowest BCUT2D eigenvalue weighted by atomic mass is 9.96. The van der Waals surface area contributed by atoms with E-state index in [1.54, 1.807) is 0 Å². The predicted octanol–water partition coefficient (Wildman–Crippen LogP) is 3.88. The highest BCUT2D eigenvalue weighted by atomic mass is 35.5. The molecule has 0 aromatic heterocycles. The van der Waals surface area contributed by atoms with Crippen molar-refractivity contribution in [2.24, 2.45) is 11.8 Å². The summed E-state index contributed by atoms with van der Waals surface area (Å²) in [6.07, 6.45) is 0.793. The second-order valence-electron chi connectivity index (χ2n) is 5.67. The van der Waals surface area contributed by atoms with E-state index >= 15 is 0 Å². The van der Waals surface area contributed by atoms with Crippen LogP contribution in [0, 0.1) is 17.7 Å². The average molecular weight is 354 g/mol. The van der Waals surface area contributed by atoms with Gasteiger partial charge in [0.1, 0.15) is 10.7 Å². The smallest absolute Gasteiger partial charge is 0.207 e. The third-order valence-corrected chi connectivity index (χ3v) is 6.34. The van der Waals surface area contributed by atoms with E-state index in [0.717, 1.165) is 12.5 Å². The van der Waals surface area contributed by atoms with Crippen molar-refractivity contribution in [2.45, 2.75) is 31.0 Å². The average Bonchev–Trinajstić information content (AvgIpc) is 2.91. The van der Waals surface area contributed by atoms with Crippen molar-refractivity contribution < 1.29 is 12.8 Å². The first-order valence-electron chi connectivity index (χ1n) is 6.81. The zero-order chi connectivity index (χ0) is 15.8.